The zero-order valence-corrected chi connectivity index (χ0v) is 25.6. The van der Waals surface area contributed by atoms with Crippen LogP contribution >= 0.6 is 70.4 Å². The second-order valence-electron chi connectivity index (χ2n) is 7.47. The van der Waals surface area contributed by atoms with Crippen molar-refractivity contribution in [3.05, 3.63) is 92.8 Å². The normalized spacial score (nSPS) is 11.4. The highest BCUT2D eigenvalue weighted by molar-refractivity contribution is 14.1. The third kappa shape index (κ3) is 6.15. The van der Waals surface area contributed by atoms with E-state index in [0.29, 0.717) is 41.4 Å². The Morgan fingerprint density at radius 3 is 2.54 bits per heavy atom. The number of fused-ring (bicyclic) bond motifs is 1. The van der Waals surface area contributed by atoms with Gasteiger partial charge in [0.15, 0.2) is 11.5 Å². The van der Waals surface area contributed by atoms with Gasteiger partial charge in [-0.1, -0.05) is 53.9 Å². The number of aromatic nitrogens is 2. The van der Waals surface area contributed by atoms with Crippen LogP contribution in [-0.4, -0.2) is 22.5 Å². The van der Waals surface area contributed by atoms with E-state index in [1.165, 1.54) is 4.68 Å². The van der Waals surface area contributed by atoms with Gasteiger partial charge in [-0.2, -0.15) is 9.78 Å². The first-order chi connectivity index (χ1) is 16.8. The lowest BCUT2D eigenvalue weighted by Crippen LogP contribution is -2.20. The third-order valence-corrected chi connectivity index (χ3v) is 7.54. The highest BCUT2D eigenvalue weighted by atomic mass is 127. The van der Waals surface area contributed by atoms with Crippen LogP contribution in [0, 0.1) is 10.5 Å². The van der Waals surface area contributed by atoms with E-state index in [4.69, 9.17) is 9.47 Å². The van der Waals surface area contributed by atoms with Crippen molar-refractivity contribution < 1.29 is 9.47 Å². The molecule has 0 saturated carbocycles. The Hall–Kier alpha value is -1.76. The summed E-state index contributed by atoms with van der Waals surface area (Å²) >= 11 is 12.7. The van der Waals surface area contributed by atoms with E-state index in [9.17, 15) is 4.79 Å². The Kier molecular flexibility index (Phi) is 8.67. The van der Waals surface area contributed by atoms with E-state index in [-0.39, 0.29) is 5.56 Å². The van der Waals surface area contributed by atoms with E-state index >= 15 is 0 Å². The standard InChI is InChI=1S/C25H19Br3IN3O3/c1-3-34-23-9-15(8-21(29)24(23)35-13-16-4-5-18(27)11-20(16)28)12-30-32-14(2)31-22-7-6-17(26)10-19(22)25(32)33/h4-12H,3,13H2,1-2H3. The van der Waals surface area contributed by atoms with E-state index in [2.05, 4.69) is 80.5 Å². The van der Waals surface area contributed by atoms with E-state index < -0.39 is 0 Å². The van der Waals surface area contributed by atoms with Crippen LogP contribution < -0.4 is 15.0 Å². The Morgan fingerprint density at radius 1 is 1.06 bits per heavy atom. The van der Waals surface area contributed by atoms with Gasteiger partial charge in [0.1, 0.15) is 12.4 Å². The fraction of sp³-hybridized carbons (Fsp3) is 0.160. The fourth-order valence-corrected chi connectivity index (χ4v) is 5.68. The number of ether oxygens (including phenoxy) is 2. The van der Waals surface area contributed by atoms with E-state index in [0.717, 1.165) is 28.1 Å². The molecule has 0 bridgehead atoms. The Morgan fingerprint density at radius 2 is 1.80 bits per heavy atom. The van der Waals surface area contributed by atoms with Gasteiger partial charge in [0, 0.05) is 19.0 Å². The monoisotopic (exact) mass is 773 g/mol. The lowest BCUT2D eigenvalue weighted by Gasteiger charge is -2.15. The molecule has 10 heteroatoms. The zero-order chi connectivity index (χ0) is 25.1. The molecule has 0 N–H and O–H groups in total. The SMILES string of the molecule is CCOc1cc(C=Nn2c(C)nc3ccc(Br)cc3c2=O)cc(I)c1OCc1ccc(Br)cc1Br. The molecular weight excluding hydrogens is 757 g/mol. The molecule has 4 rings (SSSR count). The predicted octanol–water partition coefficient (Wildman–Crippen LogP) is 7.46. The minimum atomic E-state index is -0.232. The molecule has 0 aliphatic carbocycles. The van der Waals surface area contributed by atoms with Gasteiger partial charge in [-0.15, -0.1) is 0 Å². The maximum absolute atomic E-state index is 13.0. The summed E-state index contributed by atoms with van der Waals surface area (Å²) in [6.45, 7) is 4.54. The molecule has 0 atom stereocenters. The average molecular weight is 776 g/mol. The number of aryl methyl sites for hydroxylation is 1. The minimum absolute atomic E-state index is 0.232. The van der Waals surface area contributed by atoms with Crippen LogP contribution in [0.2, 0.25) is 0 Å². The first-order valence-corrected chi connectivity index (χ1v) is 14.0. The maximum Gasteiger partial charge on any atom is 0.282 e. The Bertz CT molecular complexity index is 1510. The molecule has 1 heterocycles. The van der Waals surface area contributed by atoms with Crippen molar-refractivity contribution in [2.24, 2.45) is 5.10 Å². The molecule has 0 unspecified atom stereocenters. The number of halogens is 4. The molecule has 1 aromatic heterocycles. The summed E-state index contributed by atoms with van der Waals surface area (Å²) < 4.78 is 17.0. The molecular formula is C25H19Br3IN3O3. The summed E-state index contributed by atoms with van der Waals surface area (Å²) in [4.78, 5) is 17.5. The number of benzene rings is 3. The van der Waals surface area contributed by atoms with Crippen LogP contribution in [-0.2, 0) is 6.61 Å². The molecule has 180 valence electrons. The predicted molar refractivity (Wildman–Crippen MR) is 158 cm³/mol. The van der Waals surface area contributed by atoms with E-state index in [1.54, 1.807) is 19.2 Å². The van der Waals surface area contributed by atoms with Gasteiger partial charge in [-0.3, -0.25) is 4.79 Å². The molecule has 0 saturated heterocycles. The van der Waals surface area contributed by atoms with Crippen molar-refractivity contribution in [1.29, 1.82) is 0 Å². The van der Waals surface area contributed by atoms with E-state index in [1.807, 2.05) is 49.4 Å². The summed E-state index contributed by atoms with van der Waals surface area (Å²) in [5, 5.41) is 4.93. The molecule has 0 fully saturated rings. The Balaban J connectivity index is 1.65. The van der Waals surface area contributed by atoms with Crippen molar-refractivity contribution in [1.82, 2.24) is 9.66 Å². The molecule has 3 aromatic carbocycles. The number of hydrogen-bond donors (Lipinski definition) is 0. The molecule has 6 nitrogen and oxygen atoms in total. The molecule has 0 amide bonds. The topological polar surface area (TPSA) is 65.7 Å². The van der Waals surface area contributed by atoms with Crippen molar-refractivity contribution in [2.45, 2.75) is 20.5 Å². The molecule has 0 aliphatic heterocycles. The van der Waals surface area contributed by atoms with Crippen LogP contribution in [0.3, 0.4) is 0 Å². The Labute approximate surface area is 241 Å². The quantitative estimate of drug-likeness (QED) is 0.145. The van der Waals surface area contributed by atoms with Gasteiger partial charge in [-0.05, 0) is 84.5 Å². The molecule has 4 aromatic rings. The number of nitrogens with zero attached hydrogens (tertiary/aromatic N) is 3. The summed E-state index contributed by atoms with van der Waals surface area (Å²) in [5.74, 6) is 1.77. The molecule has 0 radical (unpaired) electrons. The van der Waals surface area contributed by atoms with Crippen molar-refractivity contribution >= 4 is 87.5 Å². The van der Waals surface area contributed by atoms with Crippen LogP contribution in [0.4, 0.5) is 0 Å². The first kappa shape index (κ1) is 26.3. The number of rotatable bonds is 7. The van der Waals surface area contributed by atoms with Crippen molar-refractivity contribution in [3.63, 3.8) is 0 Å². The van der Waals surface area contributed by atoms with Crippen molar-refractivity contribution in [2.75, 3.05) is 6.61 Å². The molecule has 35 heavy (non-hydrogen) atoms. The first-order valence-electron chi connectivity index (χ1n) is 10.5. The highest BCUT2D eigenvalue weighted by Gasteiger charge is 2.14. The third-order valence-electron chi connectivity index (χ3n) is 5.01. The maximum atomic E-state index is 13.0. The minimum Gasteiger partial charge on any atom is -0.490 e. The number of hydrogen-bond acceptors (Lipinski definition) is 5. The molecule has 0 spiro atoms. The van der Waals surface area contributed by atoms with Crippen LogP contribution in [0.1, 0.15) is 23.9 Å². The lowest BCUT2D eigenvalue weighted by molar-refractivity contribution is 0.267. The second kappa shape index (κ2) is 11.5. The highest BCUT2D eigenvalue weighted by Crippen LogP contribution is 2.35. The van der Waals surface area contributed by atoms with Gasteiger partial charge >= 0.3 is 0 Å². The smallest absolute Gasteiger partial charge is 0.282 e. The average Bonchev–Trinajstić information content (AvgIpc) is 2.80. The van der Waals surface area contributed by atoms with Crippen LogP contribution in [0.5, 0.6) is 11.5 Å². The summed E-state index contributed by atoms with van der Waals surface area (Å²) in [6, 6.07) is 15.2. The van der Waals surface area contributed by atoms with Crippen LogP contribution in [0.25, 0.3) is 10.9 Å². The van der Waals surface area contributed by atoms with Gasteiger partial charge in [0.25, 0.3) is 5.56 Å². The van der Waals surface area contributed by atoms with Gasteiger partial charge in [-0.25, -0.2) is 4.98 Å². The summed E-state index contributed by atoms with van der Waals surface area (Å²) in [7, 11) is 0. The van der Waals surface area contributed by atoms with Gasteiger partial charge in [0.2, 0.25) is 0 Å². The zero-order valence-electron chi connectivity index (χ0n) is 18.7. The van der Waals surface area contributed by atoms with Crippen molar-refractivity contribution in [3.8, 4) is 11.5 Å². The van der Waals surface area contributed by atoms with Gasteiger partial charge < -0.3 is 9.47 Å². The van der Waals surface area contributed by atoms with Crippen LogP contribution in [0.15, 0.2) is 71.8 Å². The lowest BCUT2D eigenvalue weighted by atomic mass is 10.2. The van der Waals surface area contributed by atoms with Gasteiger partial charge in [0.05, 0.1) is 27.3 Å². The summed E-state index contributed by atoms with van der Waals surface area (Å²) in [5.41, 5.74) is 2.19. The summed E-state index contributed by atoms with van der Waals surface area (Å²) in [6.07, 6.45) is 1.62. The molecule has 0 aliphatic rings. The second-order valence-corrected chi connectivity index (χ2v) is 11.3. The fourth-order valence-electron chi connectivity index (χ4n) is 3.37. The largest absolute Gasteiger partial charge is 0.490 e.